The Hall–Kier alpha value is -8.35. The van der Waals surface area contributed by atoms with Crippen molar-refractivity contribution in [2.75, 3.05) is 0 Å². The zero-order valence-corrected chi connectivity index (χ0v) is 32.7. The zero-order chi connectivity index (χ0) is 40.0. The molecule has 0 atom stereocenters. The monoisotopic (exact) mass is 779 g/mol. The molecule has 13 rings (SSSR count). The minimum atomic E-state index is 0.541. The van der Waals surface area contributed by atoms with E-state index in [-0.39, 0.29) is 0 Å². The van der Waals surface area contributed by atoms with Crippen molar-refractivity contribution in [3.05, 3.63) is 200 Å². The summed E-state index contributed by atoms with van der Waals surface area (Å²) in [6.07, 6.45) is 0. The van der Waals surface area contributed by atoms with Crippen molar-refractivity contribution in [1.29, 1.82) is 0 Å². The van der Waals surface area contributed by atoms with Gasteiger partial charge in [0.05, 0.1) is 33.1 Å². The molecule has 6 nitrogen and oxygen atoms in total. The highest BCUT2D eigenvalue weighted by Crippen LogP contribution is 2.42. The third-order valence-corrected chi connectivity index (χ3v) is 12.2. The Bertz CT molecular complexity index is 3820. The van der Waals surface area contributed by atoms with Crippen LogP contribution in [-0.4, -0.2) is 24.1 Å². The lowest BCUT2D eigenvalue weighted by Crippen LogP contribution is -2.06. The number of nitrogens with zero attached hydrogens (tertiary/aromatic N) is 5. The second-order valence-corrected chi connectivity index (χ2v) is 15.6. The molecule has 13 aromatic rings. The topological polar surface area (TPSA) is 61.7 Å². The standard InChI is InChI=1S/C55H33N5O/c1-2-14-34(15-3-1)35-26-28-36(29-27-35)53-56-54(58-55(57-53)60-46-23-11-6-18-40(46)41-19-7-12-24-47(41)60)39-32-49(52-43-21-9-13-25-50(43)61-51(52)33-39)59-45-22-10-8-20-42(45)44-30-37-16-4-5-17-38(37)31-48(44)59/h1-33H. The molecule has 284 valence electrons. The molecular formula is C55H33N5O. The normalized spacial score (nSPS) is 11.9. The predicted molar refractivity (Wildman–Crippen MR) is 250 cm³/mol. The highest BCUT2D eigenvalue weighted by molar-refractivity contribution is 6.17. The predicted octanol–water partition coefficient (Wildman–Crippen LogP) is 14.1. The Morgan fingerprint density at radius 2 is 0.852 bits per heavy atom. The van der Waals surface area contributed by atoms with Crippen LogP contribution in [0.2, 0.25) is 0 Å². The van der Waals surface area contributed by atoms with E-state index in [2.05, 4.69) is 191 Å². The van der Waals surface area contributed by atoms with Gasteiger partial charge in [0.25, 0.3) is 0 Å². The number of fused-ring (bicyclic) bond motifs is 10. The summed E-state index contributed by atoms with van der Waals surface area (Å²) in [5.41, 5.74) is 10.8. The fourth-order valence-electron chi connectivity index (χ4n) is 9.36. The van der Waals surface area contributed by atoms with E-state index in [9.17, 15) is 0 Å². The van der Waals surface area contributed by atoms with Gasteiger partial charge in [-0.1, -0.05) is 152 Å². The highest BCUT2D eigenvalue weighted by atomic mass is 16.3. The lowest BCUT2D eigenvalue weighted by molar-refractivity contribution is 0.669. The van der Waals surface area contributed by atoms with Gasteiger partial charge in [-0.25, -0.2) is 4.98 Å². The summed E-state index contributed by atoms with van der Waals surface area (Å²) in [6, 6.07) is 70.3. The first-order chi connectivity index (χ1) is 30.2. The highest BCUT2D eigenvalue weighted by Gasteiger charge is 2.23. The Morgan fingerprint density at radius 3 is 1.56 bits per heavy atom. The number of hydrogen-bond acceptors (Lipinski definition) is 4. The maximum Gasteiger partial charge on any atom is 0.238 e. The van der Waals surface area contributed by atoms with E-state index in [0.717, 1.165) is 82.7 Å². The van der Waals surface area contributed by atoms with Crippen LogP contribution >= 0.6 is 0 Å². The van der Waals surface area contributed by atoms with E-state index >= 15 is 0 Å². The number of aromatic nitrogens is 5. The quantitative estimate of drug-likeness (QED) is 0.175. The van der Waals surface area contributed by atoms with Crippen LogP contribution in [0.15, 0.2) is 205 Å². The summed E-state index contributed by atoms with van der Waals surface area (Å²) >= 11 is 0. The summed E-state index contributed by atoms with van der Waals surface area (Å²) in [4.78, 5) is 16.0. The molecule has 0 saturated carbocycles. The van der Waals surface area contributed by atoms with Crippen molar-refractivity contribution in [2.45, 2.75) is 0 Å². The van der Waals surface area contributed by atoms with Crippen LogP contribution in [0.4, 0.5) is 0 Å². The molecule has 0 saturated heterocycles. The summed E-state index contributed by atoms with van der Waals surface area (Å²) in [5.74, 6) is 1.67. The minimum Gasteiger partial charge on any atom is -0.456 e. The van der Waals surface area contributed by atoms with Gasteiger partial charge in [0.2, 0.25) is 5.95 Å². The van der Waals surface area contributed by atoms with Crippen molar-refractivity contribution in [1.82, 2.24) is 24.1 Å². The van der Waals surface area contributed by atoms with Gasteiger partial charge in [-0.05, 0) is 70.4 Å². The van der Waals surface area contributed by atoms with Crippen LogP contribution in [0, 0.1) is 0 Å². The number of rotatable bonds is 5. The van der Waals surface area contributed by atoms with E-state index in [1.165, 1.54) is 21.5 Å². The van der Waals surface area contributed by atoms with Gasteiger partial charge in [0.15, 0.2) is 11.6 Å². The Kier molecular flexibility index (Phi) is 7.21. The van der Waals surface area contributed by atoms with Gasteiger partial charge in [-0.2, -0.15) is 9.97 Å². The van der Waals surface area contributed by atoms with E-state index in [4.69, 9.17) is 19.4 Å². The van der Waals surface area contributed by atoms with Crippen LogP contribution in [0.1, 0.15) is 0 Å². The van der Waals surface area contributed by atoms with E-state index < -0.39 is 0 Å². The second-order valence-electron chi connectivity index (χ2n) is 15.6. The number of benzene rings is 9. The average molecular weight is 780 g/mol. The second kappa shape index (κ2) is 13.1. The number of furan rings is 1. The lowest BCUT2D eigenvalue weighted by Gasteiger charge is -2.14. The van der Waals surface area contributed by atoms with Gasteiger partial charge in [-0.3, -0.25) is 4.57 Å². The molecule has 0 bridgehead atoms. The summed E-state index contributed by atoms with van der Waals surface area (Å²) in [7, 11) is 0. The van der Waals surface area contributed by atoms with Crippen LogP contribution < -0.4 is 0 Å². The summed E-state index contributed by atoms with van der Waals surface area (Å²) < 4.78 is 11.3. The third kappa shape index (κ3) is 5.19. The van der Waals surface area contributed by atoms with Crippen molar-refractivity contribution in [2.24, 2.45) is 0 Å². The van der Waals surface area contributed by atoms with Gasteiger partial charge in [0, 0.05) is 38.1 Å². The van der Waals surface area contributed by atoms with Crippen LogP contribution in [0.25, 0.3) is 122 Å². The maximum absolute atomic E-state index is 6.75. The first-order valence-electron chi connectivity index (χ1n) is 20.5. The zero-order valence-electron chi connectivity index (χ0n) is 32.7. The van der Waals surface area contributed by atoms with Gasteiger partial charge < -0.3 is 8.98 Å². The third-order valence-electron chi connectivity index (χ3n) is 12.2. The average Bonchev–Trinajstić information content (AvgIpc) is 3.98. The van der Waals surface area contributed by atoms with E-state index in [1.807, 2.05) is 18.2 Å². The molecular weight excluding hydrogens is 747 g/mol. The molecule has 6 heteroatoms. The number of para-hydroxylation sites is 4. The molecule has 0 amide bonds. The SMILES string of the molecule is c1ccc(-c2ccc(-c3nc(-c4cc(-n5c6ccccc6c6cc7ccccc7cc65)c5c(c4)oc4ccccc45)nc(-n4c5ccccc5c5ccccc54)n3)cc2)cc1. The summed E-state index contributed by atoms with van der Waals surface area (Å²) in [5, 5.41) is 9.12. The molecule has 4 aromatic heterocycles. The first-order valence-corrected chi connectivity index (χ1v) is 20.5. The maximum atomic E-state index is 6.75. The number of hydrogen-bond donors (Lipinski definition) is 0. The van der Waals surface area contributed by atoms with Gasteiger partial charge in [0.1, 0.15) is 11.2 Å². The molecule has 61 heavy (non-hydrogen) atoms. The lowest BCUT2D eigenvalue weighted by atomic mass is 10.0. The fourth-order valence-corrected chi connectivity index (χ4v) is 9.36. The fraction of sp³-hybridized carbons (Fsp3) is 0. The molecule has 9 aromatic carbocycles. The molecule has 0 aliphatic heterocycles. The molecule has 0 unspecified atom stereocenters. The molecule has 0 N–H and O–H groups in total. The smallest absolute Gasteiger partial charge is 0.238 e. The van der Waals surface area contributed by atoms with Gasteiger partial charge >= 0.3 is 0 Å². The molecule has 0 spiro atoms. The first kappa shape index (κ1) is 33.6. The van der Waals surface area contributed by atoms with Crippen molar-refractivity contribution >= 4 is 76.3 Å². The minimum absolute atomic E-state index is 0.541. The molecule has 0 radical (unpaired) electrons. The van der Waals surface area contributed by atoms with Crippen molar-refractivity contribution in [3.63, 3.8) is 0 Å². The van der Waals surface area contributed by atoms with Crippen molar-refractivity contribution in [3.8, 4) is 45.5 Å². The Labute approximate surface area is 349 Å². The van der Waals surface area contributed by atoms with E-state index in [1.54, 1.807) is 0 Å². The van der Waals surface area contributed by atoms with Crippen LogP contribution in [0.5, 0.6) is 0 Å². The molecule has 4 heterocycles. The molecule has 0 aliphatic rings. The van der Waals surface area contributed by atoms with Gasteiger partial charge in [-0.15, -0.1) is 0 Å². The molecule has 0 aliphatic carbocycles. The van der Waals surface area contributed by atoms with E-state index in [0.29, 0.717) is 17.6 Å². The van der Waals surface area contributed by atoms with Crippen molar-refractivity contribution < 1.29 is 4.42 Å². The Morgan fingerprint density at radius 1 is 0.328 bits per heavy atom. The Balaban J connectivity index is 1.11. The largest absolute Gasteiger partial charge is 0.456 e. The molecule has 0 fully saturated rings. The van der Waals surface area contributed by atoms with Crippen LogP contribution in [0.3, 0.4) is 0 Å². The van der Waals surface area contributed by atoms with Crippen LogP contribution in [-0.2, 0) is 0 Å². The summed E-state index contributed by atoms with van der Waals surface area (Å²) in [6.45, 7) is 0.